The summed E-state index contributed by atoms with van der Waals surface area (Å²) in [5.74, 6) is -4.67. The molecule has 0 unspecified atom stereocenters. The molecule has 2 aromatic carbocycles. The lowest BCUT2D eigenvalue weighted by atomic mass is 9.83. The van der Waals surface area contributed by atoms with E-state index in [-0.39, 0.29) is 43.9 Å². The molecule has 1 aliphatic heterocycles. The Morgan fingerprint density at radius 1 is 1.06 bits per heavy atom. The number of benzene rings is 2. The molecule has 0 amide bonds. The lowest BCUT2D eigenvalue weighted by Gasteiger charge is -2.27. The van der Waals surface area contributed by atoms with Gasteiger partial charge < -0.3 is 15.2 Å². The van der Waals surface area contributed by atoms with E-state index in [9.17, 15) is 23.2 Å². The summed E-state index contributed by atoms with van der Waals surface area (Å²) in [6.07, 6.45) is 1.32. The maximum absolute atomic E-state index is 15.0. The molecule has 0 radical (unpaired) electrons. The van der Waals surface area contributed by atoms with Crippen molar-refractivity contribution in [2.45, 2.75) is 12.8 Å². The molecule has 0 aliphatic carbocycles. The molecule has 10 heteroatoms. The van der Waals surface area contributed by atoms with Crippen LogP contribution in [0, 0.1) is 11.6 Å². The third-order valence-corrected chi connectivity index (χ3v) is 6.57. The van der Waals surface area contributed by atoms with E-state index in [0.717, 1.165) is 23.0 Å². The first-order chi connectivity index (χ1) is 16.8. The molecule has 1 aromatic heterocycles. The van der Waals surface area contributed by atoms with Crippen LogP contribution in [0.5, 0.6) is 0 Å². The van der Waals surface area contributed by atoms with E-state index in [1.54, 1.807) is 19.1 Å². The Morgan fingerprint density at radius 3 is 2.34 bits per heavy atom. The summed E-state index contributed by atoms with van der Waals surface area (Å²) in [6.45, 7) is 1.58. The normalized spacial score (nSPS) is 15.7. The molecule has 7 nitrogen and oxygen atoms in total. The number of aromatic nitrogens is 1. The van der Waals surface area contributed by atoms with Gasteiger partial charge in [0.1, 0.15) is 22.1 Å². The smallest absolute Gasteiger partial charge is 0.338 e. The fourth-order valence-electron chi connectivity index (χ4n) is 3.92. The first kappa shape index (κ1) is 24.1. The molecule has 2 N–H and O–H groups in total. The zero-order valence-electron chi connectivity index (χ0n) is 18.7. The first-order valence-electron chi connectivity index (χ1n) is 10.5. The SMILES string of the molecule is CCOC(=O)C1=c2s/c(=C\c3ccccc3F)c(=O)n2C(N)=C(C(=O)OC)[C@H]1c1ccccc1F. The van der Waals surface area contributed by atoms with Gasteiger partial charge in [-0.2, -0.15) is 0 Å². The van der Waals surface area contributed by atoms with Gasteiger partial charge in [0, 0.05) is 11.1 Å². The number of thiazole rings is 1. The second-order valence-electron chi connectivity index (χ2n) is 7.46. The van der Waals surface area contributed by atoms with Gasteiger partial charge in [-0.05, 0) is 25.1 Å². The zero-order chi connectivity index (χ0) is 25.3. The van der Waals surface area contributed by atoms with Gasteiger partial charge in [0.05, 0.1) is 35.3 Å². The number of fused-ring (bicyclic) bond motifs is 1. The maximum Gasteiger partial charge on any atom is 0.338 e. The van der Waals surface area contributed by atoms with Crippen LogP contribution in [0.4, 0.5) is 8.78 Å². The van der Waals surface area contributed by atoms with Gasteiger partial charge >= 0.3 is 11.9 Å². The highest BCUT2D eigenvalue weighted by molar-refractivity contribution is 7.07. The Labute approximate surface area is 202 Å². The van der Waals surface area contributed by atoms with Crippen molar-refractivity contribution in [3.05, 3.63) is 96.4 Å². The first-order valence-corrected chi connectivity index (χ1v) is 11.3. The molecule has 2 heterocycles. The number of carbonyl (C=O) groups excluding carboxylic acids is 2. The average molecular weight is 499 g/mol. The van der Waals surface area contributed by atoms with E-state index in [1.165, 1.54) is 42.5 Å². The minimum atomic E-state index is -1.30. The Balaban J connectivity index is 2.16. The molecule has 3 aromatic rings. The summed E-state index contributed by atoms with van der Waals surface area (Å²) >= 11 is 0.859. The van der Waals surface area contributed by atoms with Gasteiger partial charge in [-0.3, -0.25) is 9.36 Å². The van der Waals surface area contributed by atoms with E-state index in [1.807, 2.05) is 0 Å². The molecule has 1 aliphatic rings. The molecule has 0 saturated heterocycles. The van der Waals surface area contributed by atoms with Crippen molar-refractivity contribution in [3.63, 3.8) is 0 Å². The predicted octanol–water partition coefficient (Wildman–Crippen LogP) is 1.83. The van der Waals surface area contributed by atoms with Crippen LogP contribution in [-0.2, 0) is 19.1 Å². The number of nitrogens with two attached hydrogens (primary N) is 1. The molecule has 180 valence electrons. The molecule has 1 atom stereocenters. The Bertz CT molecular complexity index is 1550. The van der Waals surface area contributed by atoms with Gasteiger partial charge in [0.2, 0.25) is 0 Å². The average Bonchev–Trinajstić information content (AvgIpc) is 3.16. The summed E-state index contributed by atoms with van der Waals surface area (Å²) < 4.78 is 40.4. The highest BCUT2D eigenvalue weighted by Gasteiger charge is 2.40. The minimum Gasteiger partial charge on any atom is -0.466 e. The van der Waals surface area contributed by atoms with Crippen LogP contribution >= 0.6 is 11.3 Å². The number of methoxy groups -OCH3 is 1. The predicted molar refractivity (Wildman–Crippen MR) is 126 cm³/mol. The molecular formula is C25H20F2N2O5S. The topological polar surface area (TPSA) is 101 Å². The number of nitrogens with zero attached hydrogens (tertiary/aromatic N) is 1. The van der Waals surface area contributed by atoms with Crippen LogP contribution in [0.1, 0.15) is 24.0 Å². The van der Waals surface area contributed by atoms with Crippen molar-refractivity contribution in [1.29, 1.82) is 0 Å². The fourth-order valence-corrected chi connectivity index (χ4v) is 5.07. The van der Waals surface area contributed by atoms with Crippen LogP contribution in [0.3, 0.4) is 0 Å². The van der Waals surface area contributed by atoms with Crippen molar-refractivity contribution in [3.8, 4) is 0 Å². The van der Waals surface area contributed by atoms with E-state index in [2.05, 4.69) is 0 Å². The molecule has 0 spiro atoms. The van der Waals surface area contributed by atoms with Gasteiger partial charge in [0.15, 0.2) is 0 Å². The lowest BCUT2D eigenvalue weighted by molar-refractivity contribution is -0.136. The molecule has 0 bridgehead atoms. The second-order valence-corrected chi connectivity index (χ2v) is 8.49. The fraction of sp³-hybridized carbons (Fsp3) is 0.160. The van der Waals surface area contributed by atoms with Crippen molar-refractivity contribution in [1.82, 2.24) is 4.57 Å². The summed E-state index contributed by atoms with van der Waals surface area (Å²) in [5.41, 5.74) is 5.29. The monoisotopic (exact) mass is 498 g/mol. The van der Waals surface area contributed by atoms with Gasteiger partial charge in [-0.1, -0.05) is 36.4 Å². The highest BCUT2D eigenvalue weighted by Crippen LogP contribution is 2.38. The molecule has 4 rings (SSSR count). The van der Waals surface area contributed by atoms with Crippen LogP contribution < -0.4 is 20.5 Å². The Morgan fingerprint density at radius 2 is 1.71 bits per heavy atom. The second kappa shape index (κ2) is 9.67. The number of carbonyl (C=O) groups is 2. The largest absolute Gasteiger partial charge is 0.466 e. The van der Waals surface area contributed by atoms with Gasteiger partial charge in [-0.15, -0.1) is 11.3 Å². The number of hydrogen-bond donors (Lipinski definition) is 1. The maximum atomic E-state index is 15.0. The standard InChI is InChI=1S/C25H20F2N2O5S/c1-3-34-25(32)20-18(14-9-5-7-11-16(14)27)19(24(31)33-2)21(28)29-22(30)17(35-23(20)29)12-13-8-4-6-10-15(13)26/h4-12,18H,3,28H2,1-2H3/b17-12-/t18-/m1/s1. The quantitative estimate of drug-likeness (QED) is 0.539. The zero-order valence-corrected chi connectivity index (χ0v) is 19.5. The van der Waals surface area contributed by atoms with Crippen LogP contribution in [-0.4, -0.2) is 30.2 Å². The Hall–Kier alpha value is -4.05. The van der Waals surface area contributed by atoms with Crippen LogP contribution in [0.25, 0.3) is 17.5 Å². The minimum absolute atomic E-state index is 0.0110. The van der Waals surface area contributed by atoms with Crippen LogP contribution in [0.15, 0.2) is 58.9 Å². The Kier molecular flexibility index (Phi) is 6.65. The van der Waals surface area contributed by atoms with Gasteiger partial charge in [-0.25, -0.2) is 18.4 Å². The van der Waals surface area contributed by atoms with E-state index >= 15 is 0 Å². The van der Waals surface area contributed by atoms with Crippen molar-refractivity contribution in [2.24, 2.45) is 5.73 Å². The van der Waals surface area contributed by atoms with Gasteiger partial charge in [0.25, 0.3) is 5.56 Å². The van der Waals surface area contributed by atoms with Crippen molar-refractivity contribution < 1.29 is 27.8 Å². The number of rotatable bonds is 5. The summed E-state index contributed by atoms with van der Waals surface area (Å²) in [7, 11) is 1.11. The lowest BCUT2D eigenvalue weighted by Crippen LogP contribution is -2.42. The van der Waals surface area contributed by atoms with E-state index in [0.29, 0.717) is 0 Å². The van der Waals surface area contributed by atoms with E-state index in [4.69, 9.17) is 15.2 Å². The number of esters is 2. The molecule has 35 heavy (non-hydrogen) atoms. The summed E-state index contributed by atoms with van der Waals surface area (Å²) in [4.78, 5) is 39.4. The third kappa shape index (κ3) is 4.17. The molecular weight excluding hydrogens is 478 g/mol. The summed E-state index contributed by atoms with van der Waals surface area (Å²) in [5, 5.41) is 0. The third-order valence-electron chi connectivity index (χ3n) is 5.46. The molecule has 0 fully saturated rings. The van der Waals surface area contributed by atoms with Crippen molar-refractivity contribution in [2.75, 3.05) is 13.7 Å². The molecule has 0 saturated carbocycles. The number of halogens is 2. The highest BCUT2D eigenvalue weighted by atomic mass is 32.1. The number of ether oxygens (including phenoxy) is 2. The summed E-state index contributed by atoms with van der Waals surface area (Å²) in [6, 6.07) is 11.4. The van der Waals surface area contributed by atoms with Crippen LogP contribution in [0.2, 0.25) is 0 Å². The van der Waals surface area contributed by atoms with E-state index < -0.39 is 35.1 Å². The number of hydrogen-bond acceptors (Lipinski definition) is 7. The van der Waals surface area contributed by atoms with Crippen molar-refractivity contribution >= 4 is 40.7 Å².